The lowest BCUT2D eigenvalue weighted by Crippen LogP contribution is -2.69. The lowest BCUT2D eigenvalue weighted by Gasteiger charge is -2.63. The summed E-state index contributed by atoms with van der Waals surface area (Å²) in [4.78, 5) is 27.4. The first-order valence-electron chi connectivity index (χ1n) is 13.3. The van der Waals surface area contributed by atoms with Gasteiger partial charge < -0.3 is 10.0 Å². The summed E-state index contributed by atoms with van der Waals surface area (Å²) in [5.74, 6) is -2.12. The molecule has 3 fully saturated rings. The summed E-state index contributed by atoms with van der Waals surface area (Å²) >= 11 is 0. The molecule has 0 radical (unpaired) electrons. The molecular formula is C29H42F3NO3. The summed E-state index contributed by atoms with van der Waals surface area (Å²) in [5.41, 5.74) is -5.42. The van der Waals surface area contributed by atoms with Crippen molar-refractivity contribution in [2.24, 2.45) is 33.5 Å². The van der Waals surface area contributed by atoms with Gasteiger partial charge >= 0.3 is 0 Å². The minimum atomic E-state index is -2.18. The number of Topliss-reactive ketones (excluding diaryl/α,β-unsaturated/α-hetero) is 1. The van der Waals surface area contributed by atoms with Crippen LogP contribution in [0.3, 0.4) is 0 Å². The first kappa shape index (κ1) is 27.6. The van der Waals surface area contributed by atoms with E-state index in [4.69, 9.17) is 0 Å². The number of hydrogen-bond acceptors (Lipinski definition) is 4. The molecule has 8 atom stereocenters. The highest BCUT2D eigenvalue weighted by Gasteiger charge is 2.75. The van der Waals surface area contributed by atoms with Gasteiger partial charge in [-0.2, -0.15) is 0 Å². The largest absolute Gasteiger partial charge is 0.390 e. The number of carbonyl (C=O) groups excluding carboxylic acids is 2. The van der Waals surface area contributed by atoms with Gasteiger partial charge in [-0.3, -0.25) is 9.59 Å². The summed E-state index contributed by atoms with van der Waals surface area (Å²) in [6.45, 7) is 9.82. The van der Waals surface area contributed by atoms with Gasteiger partial charge in [-0.15, -0.1) is 0 Å². The summed E-state index contributed by atoms with van der Waals surface area (Å²) in [7, 11) is 1.93. The fourth-order valence-electron chi connectivity index (χ4n) is 8.32. The Morgan fingerprint density at radius 3 is 2.53 bits per heavy atom. The van der Waals surface area contributed by atoms with Gasteiger partial charge in [0.15, 0.2) is 17.2 Å². The molecule has 0 saturated heterocycles. The molecular weight excluding hydrogens is 467 g/mol. The number of rotatable bonds is 6. The molecule has 4 aliphatic rings. The number of nitrogens with zero attached hydrogens (tertiary/aromatic N) is 1. The SMILES string of the molecule is CN(CCC(C)(C)C)C[C@]1(C(=O)CF)CCC2[C@@H]3C[C@H](F)C4=CC(=O)C=C[C@]4(C)[C@@]3(F)[C@@H](O)C[C@@]21C. The molecule has 0 bridgehead atoms. The fraction of sp³-hybridized carbons (Fsp3) is 0.793. The van der Waals surface area contributed by atoms with Crippen LogP contribution >= 0.6 is 0 Å². The Morgan fingerprint density at radius 2 is 1.92 bits per heavy atom. The molecule has 1 N–H and O–H groups in total. The average molecular weight is 510 g/mol. The third kappa shape index (κ3) is 3.78. The molecule has 0 heterocycles. The Balaban J connectivity index is 1.74. The molecule has 0 amide bonds. The van der Waals surface area contributed by atoms with Crippen LogP contribution in [0.2, 0.25) is 0 Å². The van der Waals surface area contributed by atoms with Crippen LogP contribution in [0.1, 0.15) is 66.7 Å². The van der Waals surface area contributed by atoms with Crippen molar-refractivity contribution in [1.29, 1.82) is 0 Å². The third-order valence-electron chi connectivity index (χ3n) is 10.4. The van der Waals surface area contributed by atoms with Crippen molar-refractivity contribution in [2.45, 2.75) is 84.7 Å². The predicted molar refractivity (Wildman–Crippen MR) is 134 cm³/mol. The lowest BCUT2D eigenvalue weighted by molar-refractivity contribution is -0.212. The molecule has 36 heavy (non-hydrogen) atoms. The van der Waals surface area contributed by atoms with Gasteiger partial charge in [0.1, 0.15) is 12.8 Å². The van der Waals surface area contributed by atoms with Gasteiger partial charge in [0, 0.05) is 17.9 Å². The molecule has 7 heteroatoms. The Morgan fingerprint density at radius 1 is 1.25 bits per heavy atom. The second-order valence-electron chi connectivity index (χ2n) is 13.6. The molecule has 1 unspecified atom stereocenters. The van der Waals surface area contributed by atoms with Crippen molar-refractivity contribution >= 4 is 11.6 Å². The van der Waals surface area contributed by atoms with Crippen LogP contribution in [0.4, 0.5) is 13.2 Å². The predicted octanol–water partition coefficient (Wildman–Crippen LogP) is 5.20. The van der Waals surface area contributed by atoms with E-state index in [-0.39, 0.29) is 35.5 Å². The van der Waals surface area contributed by atoms with Crippen LogP contribution in [0.5, 0.6) is 0 Å². The van der Waals surface area contributed by atoms with Crippen LogP contribution in [-0.4, -0.2) is 66.3 Å². The number of carbonyl (C=O) groups is 2. The zero-order chi connectivity index (χ0) is 26.9. The molecule has 4 rings (SSSR count). The van der Waals surface area contributed by atoms with E-state index in [1.165, 1.54) is 18.2 Å². The van der Waals surface area contributed by atoms with Crippen LogP contribution in [-0.2, 0) is 9.59 Å². The molecule has 0 aliphatic heterocycles. The van der Waals surface area contributed by atoms with Crippen molar-refractivity contribution < 1.29 is 27.9 Å². The number of aliphatic hydroxyl groups excluding tert-OH is 1. The highest BCUT2D eigenvalue weighted by Crippen LogP contribution is 2.72. The van der Waals surface area contributed by atoms with Crippen molar-refractivity contribution in [2.75, 3.05) is 26.8 Å². The van der Waals surface area contributed by atoms with E-state index in [0.717, 1.165) is 13.0 Å². The molecule has 4 aliphatic carbocycles. The van der Waals surface area contributed by atoms with Crippen molar-refractivity contribution in [1.82, 2.24) is 4.90 Å². The minimum Gasteiger partial charge on any atom is -0.390 e. The maximum Gasteiger partial charge on any atom is 0.178 e. The second kappa shape index (κ2) is 8.79. The van der Waals surface area contributed by atoms with E-state index >= 15 is 8.78 Å². The highest BCUT2D eigenvalue weighted by molar-refractivity contribution is 6.01. The Bertz CT molecular complexity index is 989. The molecule has 0 spiro atoms. The number of allylic oxidation sites excluding steroid dienone is 4. The Kier molecular flexibility index (Phi) is 6.73. The first-order chi connectivity index (χ1) is 16.6. The topological polar surface area (TPSA) is 57.6 Å². The molecule has 0 aromatic heterocycles. The van der Waals surface area contributed by atoms with Crippen LogP contribution in [0.15, 0.2) is 23.8 Å². The van der Waals surface area contributed by atoms with E-state index in [1.807, 2.05) is 14.0 Å². The van der Waals surface area contributed by atoms with Crippen LogP contribution < -0.4 is 0 Å². The minimum absolute atomic E-state index is 0.00880. The summed E-state index contributed by atoms with van der Waals surface area (Å²) in [6.07, 6.45) is 2.45. The van der Waals surface area contributed by atoms with Crippen LogP contribution in [0, 0.1) is 33.5 Å². The Labute approximate surface area is 213 Å². The Hall–Kier alpha value is -1.47. The number of alkyl halides is 3. The van der Waals surface area contributed by atoms with Gasteiger partial charge in [-0.1, -0.05) is 33.8 Å². The summed E-state index contributed by atoms with van der Waals surface area (Å²) < 4.78 is 47.0. The molecule has 202 valence electrons. The van der Waals surface area contributed by atoms with Crippen molar-refractivity contribution in [3.8, 4) is 0 Å². The smallest absolute Gasteiger partial charge is 0.178 e. The molecule has 4 nitrogen and oxygen atoms in total. The normalized spacial score (nSPS) is 44.2. The third-order valence-corrected chi connectivity index (χ3v) is 10.4. The highest BCUT2D eigenvalue weighted by atomic mass is 19.1. The van der Waals surface area contributed by atoms with E-state index < -0.39 is 52.6 Å². The van der Waals surface area contributed by atoms with Gasteiger partial charge in [0.05, 0.1) is 11.5 Å². The average Bonchev–Trinajstić information content (AvgIpc) is 3.07. The number of hydrogen-bond donors (Lipinski definition) is 1. The summed E-state index contributed by atoms with van der Waals surface area (Å²) in [5, 5.41) is 11.5. The zero-order valence-corrected chi connectivity index (χ0v) is 22.5. The lowest BCUT2D eigenvalue weighted by atomic mass is 9.43. The maximum atomic E-state index is 17.3. The number of fused-ring (bicyclic) bond motifs is 5. The fourth-order valence-corrected chi connectivity index (χ4v) is 8.32. The molecule has 0 aromatic rings. The standard InChI is InChI=1S/C29H42F3NO3/c1-25(2,3)11-12-33(6)17-28(24(36)16-30)10-8-19-20-14-22(31)21-13-18(34)7-9-26(21,4)29(20,32)23(35)15-27(19,28)5/h7,9,13,19-20,22-23,35H,8,10-12,14-17H2,1-6H3/t19?,20-,22-,23-,26-,27-,28-,29-/m0/s1. The monoisotopic (exact) mass is 509 g/mol. The summed E-state index contributed by atoms with van der Waals surface area (Å²) in [6, 6.07) is 0. The van der Waals surface area contributed by atoms with Gasteiger partial charge in [-0.05, 0) is 87.1 Å². The quantitative estimate of drug-likeness (QED) is 0.535. The van der Waals surface area contributed by atoms with E-state index in [2.05, 4.69) is 25.7 Å². The molecule has 0 aromatic carbocycles. The van der Waals surface area contributed by atoms with Crippen LogP contribution in [0.25, 0.3) is 0 Å². The van der Waals surface area contributed by atoms with Gasteiger partial charge in [-0.25, -0.2) is 13.2 Å². The van der Waals surface area contributed by atoms with E-state index in [0.29, 0.717) is 19.4 Å². The van der Waals surface area contributed by atoms with Gasteiger partial charge in [0.25, 0.3) is 0 Å². The number of halogens is 3. The first-order valence-corrected chi connectivity index (χ1v) is 13.3. The van der Waals surface area contributed by atoms with Crippen molar-refractivity contribution in [3.63, 3.8) is 0 Å². The van der Waals surface area contributed by atoms with Gasteiger partial charge in [0.2, 0.25) is 0 Å². The van der Waals surface area contributed by atoms with E-state index in [1.54, 1.807) is 6.92 Å². The number of aliphatic hydroxyl groups is 1. The van der Waals surface area contributed by atoms with Crippen molar-refractivity contribution in [3.05, 3.63) is 23.8 Å². The number of ketones is 2. The zero-order valence-electron chi connectivity index (χ0n) is 22.5. The second-order valence-corrected chi connectivity index (χ2v) is 13.6. The molecule has 3 saturated carbocycles. The van der Waals surface area contributed by atoms with E-state index in [9.17, 15) is 19.1 Å². The maximum absolute atomic E-state index is 17.3.